The van der Waals surface area contributed by atoms with Crippen molar-refractivity contribution in [2.45, 2.75) is 37.1 Å². The molecular formula is C18H22ClN5O2S2. The van der Waals surface area contributed by atoms with Crippen LogP contribution in [0.2, 0.25) is 5.02 Å². The van der Waals surface area contributed by atoms with Gasteiger partial charge in [0.2, 0.25) is 0 Å². The van der Waals surface area contributed by atoms with Crippen molar-refractivity contribution in [3.05, 3.63) is 40.6 Å². The van der Waals surface area contributed by atoms with E-state index in [-0.39, 0.29) is 5.75 Å². The third-order valence-electron chi connectivity index (χ3n) is 5.63. The van der Waals surface area contributed by atoms with Crippen LogP contribution < -0.4 is 11.1 Å². The van der Waals surface area contributed by atoms with Crippen molar-refractivity contribution in [2.24, 2.45) is 5.73 Å². The van der Waals surface area contributed by atoms with Gasteiger partial charge in [-0.2, -0.15) is 5.10 Å². The Kier molecular flexibility index (Phi) is 4.59. The molecule has 3 aromatic rings. The van der Waals surface area contributed by atoms with Crippen LogP contribution in [-0.2, 0) is 15.4 Å². The molecule has 150 valence electrons. The molecule has 1 aliphatic rings. The Morgan fingerprint density at radius 2 is 2.11 bits per heavy atom. The molecule has 1 unspecified atom stereocenters. The fourth-order valence-corrected chi connectivity index (χ4v) is 7.10. The molecule has 1 fully saturated rings. The van der Waals surface area contributed by atoms with Crippen LogP contribution in [-0.4, -0.2) is 46.1 Å². The molecule has 7 nitrogen and oxygen atoms in total. The zero-order valence-electron chi connectivity index (χ0n) is 15.8. The van der Waals surface area contributed by atoms with Crippen molar-refractivity contribution in [1.82, 2.24) is 19.9 Å². The number of hydrogen-bond acceptors (Lipinski definition) is 7. The zero-order chi connectivity index (χ0) is 20.3. The molecule has 3 aromatic heterocycles. The summed E-state index contributed by atoms with van der Waals surface area (Å²) < 4.78 is 26.8. The molecule has 0 saturated carbocycles. The Morgan fingerprint density at radius 1 is 1.36 bits per heavy atom. The molecule has 1 saturated heterocycles. The molecule has 2 atom stereocenters. The molecule has 0 bridgehead atoms. The molecule has 0 aliphatic carbocycles. The molecule has 0 amide bonds. The molecule has 28 heavy (non-hydrogen) atoms. The largest absolute Gasteiger partial charge is 0.325 e. The number of rotatable bonds is 2. The van der Waals surface area contributed by atoms with Crippen LogP contribution in [0, 0.1) is 0 Å². The van der Waals surface area contributed by atoms with E-state index in [0.29, 0.717) is 11.6 Å². The van der Waals surface area contributed by atoms with Gasteiger partial charge in [-0.25, -0.2) is 17.9 Å². The van der Waals surface area contributed by atoms with Gasteiger partial charge in [-0.1, -0.05) is 11.6 Å². The third kappa shape index (κ3) is 3.05. The summed E-state index contributed by atoms with van der Waals surface area (Å²) in [6, 6.07) is 5.20. The predicted octanol–water partition coefficient (Wildman–Crippen LogP) is 2.45. The van der Waals surface area contributed by atoms with Crippen LogP contribution in [0.5, 0.6) is 0 Å². The summed E-state index contributed by atoms with van der Waals surface area (Å²) in [5.41, 5.74) is 7.05. The monoisotopic (exact) mass is 439 g/mol. The van der Waals surface area contributed by atoms with E-state index in [4.69, 9.17) is 17.3 Å². The highest BCUT2D eigenvalue weighted by Crippen LogP contribution is 2.43. The van der Waals surface area contributed by atoms with E-state index in [1.165, 1.54) is 17.7 Å². The lowest BCUT2D eigenvalue weighted by Gasteiger charge is -2.29. The molecule has 4 rings (SSSR count). The predicted molar refractivity (Wildman–Crippen MR) is 113 cm³/mol. The van der Waals surface area contributed by atoms with Crippen molar-refractivity contribution in [3.8, 4) is 10.4 Å². The smallest absolute Gasteiger partial charge is 0.159 e. The van der Waals surface area contributed by atoms with Gasteiger partial charge in [-0.05, 0) is 39.0 Å². The minimum absolute atomic E-state index is 0.0670. The van der Waals surface area contributed by atoms with Crippen LogP contribution >= 0.6 is 22.9 Å². The van der Waals surface area contributed by atoms with Gasteiger partial charge in [0.25, 0.3) is 0 Å². The summed E-state index contributed by atoms with van der Waals surface area (Å²) in [4.78, 5) is 5.87. The SMILES string of the molecule is CC1(C)C(N)CN[C@](C)(c2sc(-c3ccc4ncnn4c3)cc2Cl)CS1(=O)=O. The van der Waals surface area contributed by atoms with Gasteiger partial charge in [0, 0.05) is 34.1 Å². The first kappa shape index (κ1) is 19.8. The lowest BCUT2D eigenvalue weighted by Crippen LogP contribution is -2.51. The normalized spacial score (nSPS) is 27.0. The first-order valence-corrected chi connectivity index (χ1v) is 11.7. The number of halogens is 1. The molecule has 0 spiro atoms. The average Bonchev–Trinajstić information content (AvgIpc) is 3.23. The first-order chi connectivity index (χ1) is 13.0. The van der Waals surface area contributed by atoms with E-state index in [9.17, 15) is 8.42 Å². The third-order valence-corrected chi connectivity index (χ3v) is 10.4. The van der Waals surface area contributed by atoms with Crippen LogP contribution in [0.1, 0.15) is 25.6 Å². The van der Waals surface area contributed by atoms with Gasteiger partial charge in [0.1, 0.15) is 6.33 Å². The summed E-state index contributed by atoms with van der Waals surface area (Å²) in [5, 5.41) is 8.06. The fraction of sp³-hybridized carbons (Fsp3) is 0.444. The zero-order valence-corrected chi connectivity index (χ0v) is 18.2. The van der Waals surface area contributed by atoms with Gasteiger partial charge in [-0.15, -0.1) is 11.3 Å². The number of nitrogens with one attached hydrogen (secondary N) is 1. The Labute approximate surface area is 172 Å². The number of fused-ring (bicyclic) bond motifs is 1. The summed E-state index contributed by atoms with van der Waals surface area (Å²) in [5.74, 6) is -0.0670. The second kappa shape index (κ2) is 6.50. The Morgan fingerprint density at radius 3 is 2.86 bits per heavy atom. The van der Waals surface area contributed by atoms with Gasteiger partial charge in [0.05, 0.1) is 21.1 Å². The first-order valence-electron chi connectivity index (χ1n) is 8.86. The summed E-state index contributed by atoms with van der Waals surface area (Å²) in [7, 11) is -3.46. The maximum Gasteiger partial charge on any atom is 0.159 e. The number of sulfone groups is 1. The van der Waals surface area contributed by atoms with Crippen molar-refractivity contribution < 1.29 is 8.42 Å². The van der Waals surface area contributed by atoms with Crippen molar-refractivity contribution in [2.75, 3.05) is 12.3 Å². The van der Waals surface area contributed by atoms with Crippen LogP contribution in [0.3, 0.4) is 0 Å². The maximum atomic E-state index is 13.1. The van der Waals surface area contributed by atoms with E-state index in [2.05, 4.69) is 15.4 Å². The van der Waals surface area contributed by atoms with E-state index >= 15 is 0 Å². The molecular weight excluding hydrogens is 418 g/mol. The molecule has 1 aliphatic heterocycles. The Hall–Kier alpha value is -1.52. The topological polar surface area (TPSA) is 102 Å². The number of thiophene rings is 1. The Bertz CT molecular complexity index is 1150. The van der Waals surface area contributed by atoms with E-state index in [0.717, 1.165) is 21.0 Å². The van der Waals surface area contributed by atoms with Gasteiger partial charge in [0.15, 0.2) is 15.5 Å². The quantitative estimate of drug-likeness (QED) is 0.635. The van der Waals surface area contributed by atoms with Gasteiger partial charge in [-0.3, -0.25) is 0 Å². The minimum atomic E-state index is -3.46. The second-order valence-electron chi connectivity index (χ2n) is 7.95. The van der Waals surface area contributed by atoms with Crippen LogP contribution in [0.4, 0.5) is 0 Å². The molecule has 4 heterocycles. The Balaban J connectivity index is 1.77. The van der Waals surface area contributed by atoms with E-state index < -0.39 is 26.2 Å². The number of pyridine rings is 1. The highest BCUT2D eigenvalue weighted by atomic mass is 35.5. The molecule has 0 radical (unpaired) electrons. The van der Waals surface area contributed by atoms with Crippen molar-refractivity contribution >= 4 is 38.4 Å². The highest BCUT2D eigenvalue weighted by molar-refractivity contribution is 7.92. The minimum Gasteiger partial charge on any atom is -0.325 e. The fourth-order valence-electron chi connectivity index (χ4n) is 3.42. The summed E-state index contributed by atoms with van der Waals surface area (Å²) >= 11 is 8.06. The van der Waals surface area contributed by atoms with Gasteiger partial charge >= 0.3 is 0 Å². The standard InChI is InChI=1S/C18H22ClN5O2S2/c1-17(2)14(20)7-22-18(3,9-28(17,25)26)16-12(19)6-13(27-16)11-4-5-15-21-10-23-24(15)8-11/h4-6,8,10,14,22H,7,9,20H2,1-3H3/t14?,18-/m0/s1. The summed E-state index contributed by atoms with van der Waals surface area (Å²) in [6.07, 6.45) is 3.38. The van der Waals surface area contributed by atoms with Crippen molar-refractivity contribution in [3.63, 3.8) is 0 Å². The lowest BCUT2D eigenvalue weighted by molar-refractivity contribution is 0.395. The maximum absolute atomic E-state index is 13.1. The second-order valence-corrected chi connectivity index (χ2v) is 12.0. The van der Waals surface area contributed by atoms with Crippen LogP contribution in [0.15, 0.2) is 30.7 Å². The summed E-state index contributed by atoms with van der Waals surface area (Å²) in [6.45, 7) is 5.64. The van der Waals surface area contributed by atoms with Crippen molar-refractivity contribution in [1.29, 1.82) is 0 Å². The highest BCUT2D eigenvalue weighted by Gasteiger charge is 2.49. The molecule has 10 heteroatoms. The van der Waals surface area contributed by atoms with Crippen LogP contribution in [0.25, 0.3) is 16.1 Å². The van der Waals surface area contributed by atoms with E-state index in [1.807, 2.05) is 31.3 Å². The number of nitrogens with two attached hydrogens (primary N) is 1. The molecule has 0 aromatic carbocycles. The number of aromatic nitrogens is 3. The lowest BCUT2D eigenvalue weighted by atomic mass is 10.00. The molecule has 3 N–H and O–H groups in total. The van der Waals surface area contributed by atoms with E-state index in [1.54, 1.807) is 18.4 Å². The number of hydrogen-bond donors (Lipinski definition) is 2. The average molecular weight is 440 g/mol. The number of nitrogens with zero attached hydrogens (tertiary/aromatic N) is 3. The van der Waals surface area contributed by atoms with Gasteiger partial charge < -0.3 is 11.1 Å².